The molecule has 84 valence electrons. The lowest BCUT2D eigenvalue weighted by molar-refractivity contribution is 0.150. The van der Waals surface area contributed by atoms with Gasteiger partial charge >= 0.3 is 0 Å². The zero-order chi connectivity index (χ0) is 10.5. The van der Waals surface area contributed by atoms with Gasteiger partial charge in [0.25, 0.3) is 0 Å². The van der Waals surface area contributed by atoms with Gasteiger partial charge in [-0.3, -0.25) is 9.58 Å². The maximum absolute atomic E-state index is 4.23. The molecule has 0 radical (unpaired) electrons. The highest BCUT2D eigenvalue weighted by Crippen LogP contribution is 2.06. The lowest BCUT2D eigenvalue weighted by atomic mass is 10.1. The third-order valence-corrected chi connectivity index (χ3v) is 3.12. The number of rotatable bonds is 4. The van der Waals surface area contributed by atoms with E-state index in [-0.39, 0.29) is 0 Å². The molecular weight excluding hydrogens is 188 g/mol. The third kappa shape index (κ3) is 2.79. The lowest BCUT2D eigenvalue weighted by Gasteiger charge is -2.35. The molecule has 1 unspecified atom stereocenters. The van der Waals surface area contributed by atoms with Gasteiger partial charge in [-0.25, -0.2) is 0 Å². The Morgan fingerprint density at radius 2 is 2.40 bits per heavy atom. The molecule has 2 heterocycles. The molecule has 0 aromatic carbocycles. The molecule has 1 fully saturated rings. The molecule has 1 N–H and O–H groups in total. The van der Waals surface area contributed by atoms with Crippen LogP contribution in [-0.4, -0.2) is 46.9 Å². The summed E-state index contributed by atoms with van der Waals surface area (Å²) in [7, 11) is 0. The molecule has 4 nitrogen and oxygen atoms in total. The van der Waals surface area contributed by atoms with Gasteiger partial charge in [0.15, 0.2) is 0 Å². The standard InChI is InChI=1S/C11H20N4/c1-2-11-10-12-5-7-14(11)8-9-15-6-3-4-13-15/h3-4,6,11-12H,2,5,7-10H2,1H3. The summed E-state index contributed by atoms with van der Waals surface area (Å²) in [6.45, 7) is 7.80. The van der Waals surface area contributed by atoms with E-state index >= 15 is 0 Å². The number of hydrogen-bond acceptors (Lipinski definition) is 3. The molecule has 1 aromatic heterocycles. The first-order valence-corrected chi connectivity index (χ1v) is 5.82. The average molecular weight is 208 g/mol. The van der Waals surface area contributed by atoms with Gasteiger partial charge in [-0.05, 0) is 12.5 Å². The highest BCUT2D eigenvalue weighted by Gasteiger charge is 2.19. The smallest absolute Gasteiger partial charge is 0.0536 e. The zero-order valence-electron chi connectivity index (χ0n) is 9.39. The van der Waals surface area contributed by atoms with Gasteiger partial charge in [0.2, 0.25) is 0 Å². The van der Waals surface area contributed by atoms with Crippen molar-refractivity contribution in [3.05, 3.63) is 18.5 Å². The minimum Gasteiger partial charge on any atom is -0.314 e. The molecule has 0 bridgehead atoms. The van der Waals surface area contributed by atoms with E-state index < -0.39 is 0 Å². The monoisotopic (exact) mass is 208 g/mol. The van der Waals surface area contributed by atoms with Crippen molar-refractivity contribution in [1.82, 2.24) is 20.0 Å². The first kappa shape index (κ1) is 10.6. The van der Waals surface area contributed by atoms with E-state index in [1.807, 2.05) is 23.1 Å². The van der Waals surface area contributed by atoms with Gasteiger partial charge < -0.3 is 5.32 Å². The van der Waals surface area contributed by atoms with Gasteiger partial charge in [-0.1, -0.05) is 6.92 Å². The second-order valence-corrected chi connectivity index (χ2v) is 4.07. The number of nitrogens with zero attached hydrogens (tertiary/aromatic N) is 3. The molecule has 15 heavy (non-hydrogen) atoms. The predicted molar refractivity (Wildman–Crippen MR) is 60.7 cm³/mol. The lowest BCUT2D eigenvalue weighted by Crippen LogP contribution is -2.51. The van der Waals surface area contributed by atoms with Crippen molar-refractivity contribution in [3.8, 4) is 0 Å². The second-order valence-electron chi connectivity index (χ2n) is 4.07. The van der Waals surface area contributed by atoms with E-state index in [0.717, 1.165) is 26.2 Å². The Morgan fingerprint density at radius 3 is 3.13 bits per heavy atom. The fourth-order valence-corrected chi connectivity index (χ4v) is 2.16. The van der Waals surface area contributed by atoms with E-state index in [2.05, 4.69) is 22.2 Å². The Labute approximate surface area is 91.3 Å². The fourth-order valence-electron chi connectivity index (χ4n) is 2.16. The molecule has 0 saturated carbocycles. The van der Waals surface area contributed by atoms with Crippen LogP contribution in [0.4, 0.5) is 0 Å². The fraction of sp³-hybridized carbons (Fsp3) is 0.727. The third-order valence-electron chi connectivity index (χ3n) is 3.12. The summed E-state index contributed by atoms with van der Waals surface area (Å²) in [5.74, 6) is 0. The van der Waals surface area contributed by atoms with Crippen molar-refractivity contribution >= 4 is 0 Å². The minimum atomic E-state index is 0.703. The molecule has 1 aliphatic heterocycles. The molecule has 0 aliphatic carbocycles. The largest absolute Gasteiger partial charge is 0.314 e. The van der Waals surface area contributed by atoms with Crippen LogP contribution in [0.2, 0.25) is 0 Å². The van der Waals surface area contributed by atoms with Crippen LogP contribution in [0.1, 0.15) is 13.3 Å². The van der Waals surface area contributed by atoms with Crippen LogP contribution in [0, 0.1) is 0 Å². The van der Waals surface area contributed by atoms with Crippen molar-refractivity contribution < 1.29 is 0 Å². The summed E-state index contributed by atoms with van der Waals surface area (Å²) in [5, 5.41) is 7.67. The molecule has 4 heteroatoms. The van der Waals surface area contributed by atoms with Crippen molar-refractivity contribution in [2.45, 2.75) is 25.9 Å². The molecule has 0 spiro atoms. The Balaban J connectivity index is 1.81. The Kier molecular flexibility index (Phi) is 3.75. The van der Waals surface area contributed by atoms with Crippen LogP contribution in [-0.2, 0) is 6.54 Å². The number of hydrogen-bond donors (Lipinski definition) is 1. The maximum atomic E-state index is 4.23. The van der Waals surface area contributed by atoms with Crippen LogP contribution in [0.3, 0.4) is 0 Å². The van der Waals surface area contributed by atoms with E-state index in [9.17, 15) is 0 Å². The average Bonchev–Trinajstić information content (AvgIpc) is 2.79. The maximum Gasteiger partial charge on any atom is 0.0536 e. The quantitative estimate of drug-likeness (QED) is 0.785. The van der Waals surface area contributed by atoms with Crippen LogP contribution in [0.15, 0.2) is 18.5 Å². The number of piperazine rings is 1. The Bertz CT molecular complexity index is 270. The second kappa shape index (κ2) is 5.28. The number of nitrogens with one attached hydrogen (secondary N) is 1. The van der Waals surface area contributed by atoms with Gasteiger partial charge in [-0.15, -0.1) is 0 Å². The van der Waals surface area contributed by atoms with Gasteiger partial charge in [0.05, 0.1) is 6.54 Å². The molecule has 1 aromatic rings. The molecular formula is C11H20N4. The van der Waals surface area contributed by atoms with Crippen LogP contribution in [0.5, 0.6) is 0 Å². The van der Waals surface area contributed by atoms with Crippen LogP contribution in [0.25, 0.3) is 0 Å². The van der Waals surface area contributed by atoms with Crippen molar-refractivity contribution in [2.24, 2.45) is 0 Å². The SMILES string of the molecule is CCC1CNCCN1CCn1cccn1. The van der Waals surface area contributed by atoms with Gasteiger partial charge in [-0.2, -0.15) is 5.10 Å². The van der Waals surface area contributed by atoms with Crippen molar-refractivity contribution in [1.29, 1.82) is 0 Å². The molecule has 1 saturated heterocycles. The van der Waals surface area contributed by atoms with E-state index in [4.69, 9.17) is 0 Å². The Hall–Kier alpha value is -0.870. The first-order valence-electron chi connectivity index (χ1n) is 5.82. The summed E-state index contributed by atoms with van der Waals surface area (Å²) >= 11 is 0. The van der Waals surface area contributed by atoms with Crippen molar-refractivity contribution in [2.75, 3.05) is 26.2 Å². The van der Waals surface area contributed by atoms with E-state index in [1.54, 1.807) is 0 Å². The van der Waals surface area contributed by atoms with Crippen LogP contribution < -0.4 is 5.32 Å². The molecule has 1 atom stereocenters. The Morgan fingerprint density at radius 1 is 1.47 bits per heavy atom. The summed E-state index contributed by atoms with van der Waals surface area (Å²) in [6, 6.07) is 2.68. The minimum absolute atomic E-state index is 0.703. The topological polar surface area (TPSA) is 33.1 Å². The summed E-state index contributed by atoms with van der Waals surface area (Å²) in [4.78, 5) is 2.57. The van der Waals surface area contributed by atoms with Gasteiger partial charge in [0.1, 0.15) is 0 Å². The summed E-state index contributed by atoms with van der Waals surface area (Å²) in [6.07, 6.45) is 5.10. The molecule has 0 amide bonds. The van der Waals surface area contributed by atoms with Crippen molar-refractivity contribution in [3.63, 3.8) is 0 Å². The molecule has 2 rings (SSSR count). The number of aromatic nitrogens is 2. The van der Waals surface area contributed by atoms with E-state index in [1.165, 1.54) is 13.0 Å². The summed E-state index contributed by atoms with van der Waals surface area (Å²) in [5.41, 5.74) is 0. The molecule has 1 aliphatic rings. The zero-order valence-corrected chi connectivity index (χ0v) is 9.39. The normalized spacial score (nSPS) is 23.1. The first-order chi connectivity index (χ1) is 7.40. The van der Waals surface area contributed by atoms with Gasteiger partial charge in [0, 0.05) is 44.6 Å². The highest BCUT2D eigenvalue weighted by atomic mass is 15.3. The van der Waals surface area contributed by atoms with Crippen LogP contribution >= 0.6 is 0 Å². The van der Waals surface area contributed by atoms with E-state index in [0.29, 0.717) is 6.04 Å². The predicted octanol–water partition coefficient (Wildman–Crippen LogP) is 0.567. The summed E-state index contributed by atoms with van der Waals surface area (Å²) < 4.78 is 2.01. The highest BCUT2D eigenvalue weighted by molar-refractivity contribution is 4.81.